The molecule has 0 fully saturated rings. The molecule has 0 spiro atoms. The first-order valence-electron chi connectivity index (χ1n) is 23.6. The van der Waals surface area contributed by atoms with E-state index in [1.165, 1.54) is 12.1 Å². The Balaban J connectivity index is 1.13. The summed E-state index contributed by atoms with van der Waals surface area (Å²) in [7, 11) is 0. The van der Waals surface area contributed by atoms with E-state index in [9.17, 15) is 2.74 Å². The lowest BCUT2D eigenvalue weighted by atomic mass is 9.93. The van der Waals surface area contributed by atoms with Gasteiger partial charge < -0.3 is 8.98 Å². The van der Waals surface area contributed by atoms with Crippen LogP contribution in [0.3, 0.4) is 0 Å². The number of nitrogens with zero attached hydrogens (tertiary/aromatic N) is 4. The van der Waals surface area contributed by atoms with Crippen molar-refractivity contribution in [3.8, 4) is 62.1 Å². The normalized spacial score (nSPS) is 13.1. The Morgan fingerprint density at radius 2 is 1.05 bits per heavy atom. The highest BCUT2D eigenvalue weighted by atomic mass is 32.1. The van der Waals surface area contributed by atoms with E-state index < -0.39 is 0 Å². The molecular formula is C57H34N4OS. The highest BCUT2D eigenvalue weighted by Crippen LogP contribution is 2.46. The van der Waals surface area contributed by atoms with Crippen LogP contribution in [0.5, 0.6) is 0 Å². The molecule has 0 amide bonds. The molecule has 0 unspecified atom stereocenters. The standard InChI is InChI=1S/C57H34N4OS/c1-3-16-35(17-4-1)55-58-56(36-18-5-2-6-19-36)60-57(59-55)46-33-38(34-52-53(46)44-23-10-14-29-51(44)63-52)37-30-31-49(61-47-26-11-7-20-39(47)40-21-8-12-27-48(40)61)45(32-37)43-25-15-24-42-41-22-9-13-28-50(41)62-54(42)43/h1-34H/i7D,8D,20D,21D,26D,27D. The third-order valence-corrected chi connectivity index (χ3v) is 12.9. The zero-order chi connectivity index (χ0) is 46.7. The number of hydrogen-bond acceptors (Lipinski definition) is 5. The van der Waals surface area contributed by atoms with Gasteiger partial charge in [0.05, 0.1) is 24.9 Å². The van der Waals surface area contributed by atoms with Gasteiger partial charge in [-0.2, -0.15) is 0 Å². The maximum Gasteiger partial charge on any atom is 0.164 e. The Morgan fingerprint density at radius 1 is 0.429 bits per heavy atom. The fourth-order valence-electron chi connectivity index (χ4n) is 8.97. The number of para-hydroxylation sites is 4. The van der Waals surface area contributed by atoms with Crippen LogP contribution < -0.4 is 0 Å². The second kappa shape index (κ2) is 14.2. The van der Waals surface area contributed by atoms with Crippen LogP contribution in [0.25, 0.3) is 126 Å². The van der Waals surface area contributed by atoms with Crippen LogP contribution in [-0.4, -0.2) is 19.5 Å². The highest BCUT2D eigenvalue weighted by Gasteiger charge is 2.22. The van der Waals surface area contributed by atoms with Crippen molar-refractivity contribution >= 4 is 75.3 Å². The average Bonchev–Trinajstić information content (AvgIpc) is 4.08. The lowest BCUT2D eigenvalue weighted by Crippen LogP contribution is -2.01. The van der Waals surface area contributed by atoms with Crippen LogP contribution in [0.1, 0.15) is 8.22 Å². The SMILES string of the molecule is [2H]c1cc([2H])c2c(c1[2H])c1c([2H])c([2H])cc([2H])c1n2-c1ccc(-c2cc(-c3nc(-c4ccccc4)nc(-c4ccccc4)n3)c3c(c2)sc2ccccc23)cc1-c1cccc2c1oc1ccccc12. The molecule has 13 aromatic rings. The van der Waals surface area contributed by atoms with Crippen molar-refractivity contribution in [3.63, 3.8) is 0 Å². The summed E-state index contributed by atoms with van der Waals surface area (Å²) in [6, 6.07) is 54.5. The van der Waals surface area contributed by atoms with Gasteiger partial charge in [0.15, 0.2) is 17.5 Å². The molecule has 0 aliphatic heterocycles. The molecule has 0 aliphatic rings. The minimum atomic E-state index is -0.173. The minimum absolute atomic E-state index is 0.0357. The van der Waals surface area contributed by atoms with Crippen LogP contribution in [0.4, 0.5) is 0 Å². The molecule has 9 aromatic carbocycles. The summed E-state index contributed by atoms with van der Waals surface area (Å²) in [6.45, 7) is 0. The summed E-state index contributed by atoms with van der Waals surface area (Å²) in [5, 5.41) is 4.37. The summed E-state index contributed by atoms with van der Waals surface area (Å²) in [5.41, 5.74) is 8.26. The number of thiophene rings is 1. The van der Waals surface area contributed by atoms with Crippen molar-refractivity contribution in [3.05, 3.63) is 206 Å². The Hall–Kier alpha value is -8.19. The molecule has 0 N–H and O–H groups in total. The molecule has 0 bridgehead atoms. The van der Waals surface area contributed by atoms with E-state index in [1.807, 2.05) is 121 Å². The Morgan fingerprint density at radius 3 is 1.78 bits per heavy atom. The van der Waals surface area contributed by atoms with E-state index in [0.717, 1.165) is 69.9 Å². The first-order valence-corrected chi connectivity index (χ1v) is 21.4. The first-order chi connectivity index (χ1) is 33.7. The summed E-state index contributed by atoms with van der Waals surface area (Å²) in [6.07, 6.45) is 0. The Kier molecular flexibility index (Phi) is 6.75. The smallest absolute Gasteiger partial charge is 0.164 e. The second-order valence-corrected chi connectivity index (χ2v) is 16.5. The number of aromatic nitrogens is 4. The summed E-state index contributed by atoms with van der Waals surface area (Å²) < 4.78 is 64.8. The number of benzene rings is 9. The topological polar surface area (TPSA) is 56.7 Å². The monoisotopic (exact) mass is 828 g/mol. The molecule has 0 atom stereocenters. The van der Waals surface area contributed by atoms with E-state index in [4.69, 9.17) is 24.9 Å². The molecule has 6 heteroatoms. The molecule has 0 aliphatic carbocycles. The second-order valence-electron chi connectivity index (χ2n) is 15.4. The summed E-state index contributed by atoms with van der Waals surface area (Å²) in [4.78, 5) is 15.4. The van der Waals surface area contributed by atoms with E-state index in [2.05, 4.69) is 36.4 Å². The van der Waals surface area contributed by atoms with Crippen molar-refractivity contribution < 1.29 is 12.6 Å². The zero-order valence-electron chi connectivity index (χ0n) is 39.3. The molecule has 294 valence electrons. The van der Waals surface area contributed by atoms with Gasteiger partial charge in [-0.3, -0.25) is 0 Å². The molecule has 0 radical (unpaired) electrons. The van der Waals surface area contributed by atoms with E-state index in [0.29, 0.717) is 34.3 Å². The number of rotatable bonds is 6. The number of furan rings is 1. The van der Waals surface area contributed by atoms with Crippen LogP contribution in [0.2, 0.25) is 0 Å². The third kappa shape index (κ3) is 5.73. The Labute approximate surface area is 374 Å². The minimum Gasteiger partial charge on any atom is -0.455 e. The predicted molar refractivity (Wildman–Crippen MR) is 262 cm³/mol. The molecule has 4 heterocycles. The number of fused-ring (bicyclic) bond motifs is 9. The van der Waals surface area contributed by atoms with Gasteiger partial charge in [-0.25, -0.2) is 15.0 Å². The van der Waals surface area contributed by atoms with Gasteiger partial charge in [0.1, 0.15) is 11.2 Å². The molecule has 0 saturated heterocycles. The van der Waals surface area contributed by atoms with Crippen LogP contribution in [0.15, 0.2) is 211 Å². The van der Waals surface area contributed by atoms with Crippen molar-refractivity contribution in [1.82, 2.24) is 19.5 Å². The van der Waals surface area contributed by atoms with E-state index in [1.54, 1.807) is 15.9 Å². The lowest BCUT2D eigenvalue weighted by Gasteiger charge is -2.17. The molecule has 5 nitrogen and oxygen atoms in total. The van der Waals surface area contributed by atoms with Gasteiger partial charge in [-0.15, -0.1) is 11.3 Å². The molecule has 13 rings (SSSR count). The largest absolute Gasteiger partial charge is 0.455 e. The highest BCUT2D eigenvalue weighted by molar-refractivity contribution is 7.26. The fourth-order valence-corrected chi connectivity index (χ4v) is 10.1. The van der Waals surface area contributed by atoms with Crippen LogP contribution >= 0.6 is 11.3 Å². The maximum atomic E-state index is 9.32. The van der Waals surface area contributed by atoms with Crippen molar-refractivity contribution in [1.29, 1.82) is 0 Å². The van der Waals surface area contributed by atoms with Gasteiger partial charge >= 0.3 is 0 Å². The third-order valence-electron chi connectivity index (χ3n) is 11.8. The van der Waals surface area contributed by atoms with Crippen molar-refractivity contribution in [2.75, 3.05) is 0 Å². The van der Waals surface area contributed by atoms with Crippen molar-refractivity contribution in [2.24, 2.45) is 0 Å². The van der Waals surface area contributed by atoms with Crippen LogP contribution in [-0.2, 0) is 0 Å². The molecular weight excluding hydrogens is 789 g/mol. The quantitative estimate of drug-likeness (QED) is 0.168. The zero-order valence-corrected chi connectivity index (χ0v) is 34.1. The summed E-state index contributed by atoms with van der Waals surface area (Å²) >= 11 is 1.70. The molecule has 0 saturated carbocycles. The predicted octanol–water partition coefficient (Wildman–Crippen LogP) is 15.6. The first kappa shape index (κ1) is 29.9. The van der Waals surface area contributed by atoms with Gasteiger partial charge in [-0.05, 0) is 59.6 Å². The summed E-state index contributed by atoms with van der Waals surface area (Å²) in [5.74, 6) is 1.63. The van der Waals surface area contributed by atoms with Crippen molar-refractivity contribution in [2.45, 2.75) is 0 Å². The van der Waals surface area contributed by atoms with Gasteiger partial charge in [0.25, 0.3) is 0 Å². The lowest BCUT2D eigenvalue weighted by molar-refractivity contribution is 0.670. The molecule has 63 heavy (non-hydrogen) atoms. The van der Waals surface area contributed by atoms with Crippen LogP contribution in [0, 0.1) is 0 Å². The number of hydrogen-bond donors (Lipinski definition) is 0. The fraction of sp³-hybridized carbons (Fsp3) is 0. The van der Waals surface area contributed by atoms with E-state index >= 15 is 0 Å². The van der Waals surface area contributed by atoms with E-state index in [-0.39, 0.29) is 58.1 Å². The molecule has 4 aromatic heterocycles. The van der Waals surface area contributed by atoms with Gasteiger partial charge in [0, 0.05) is 69.5 Å². The van der Waals surface area contributed by atoms with Gasteiger partial charge in [-0.1, -0.05) is 158 Å². The van der Waals surface area contributed by atoms with Gasteiger partial charge in [0.2, 0.25) is 0 Å². The maximum absolute atomic E-state index is 9.32. The Bertz CT molecular complexity index is 4150. The average molecular weight is 829 g/mol.